The summed E-state index contributed by atoms with van der Waals surface area (Å²) in [5.41, 5.74) is 1.87. The van der Waals surface area contributed by atoms with Gasteiger partial charge in [-0.1, -0.05) is 26.0 Å². The van der Waals surface area contributed by atoms with E-state index in [1.54, 1.807) is 19.4 Å². The van der Waals surface area contributed by atoms with Crippen molar-refractivity contribution in [2.24, 2.45) is 5.41 Å². The van der Waals surface area contributed by atoms with Gasteiger partial charge >= 0.3 is 6.03 Å². The van der Waals surface area contributed by atoms with E-state index in [4.69, 9.17) is 0 Å². The largest absolute Gasteiger partial charge is 0.393 e. The molecule has 1 heterocycles. The van der Waals surface area contributed by atoms with Crippen molar-refractivity contribution < 1.29 is 9.90 Å². The van der Waals surface area contributed by atoms with Crippen LogP contribution in [0.2, 0.25) is 0 Å². The molecule has 130 valence electrons. The summed E-state index contributed by atoms with van der Waals surface area (Å²) < 4.78 is 1.92. The van der Waals surface area contributed by atoms with Crippen LogP contribution in [0, 0.1) is 5.41 Å². The number of hydrogen-bond donors (Lipinski definition) is 3. The van der Waals surface area contributed by atoms with Crippen LogP contribution in [0.5, 0.6) is 0 Å². The Hall–Kier alpha value is -2.34. The number of imidazole rings is 1. The first-order valence-corrected chi connectivity index (χ1v) is 8.13. The number of carbonyl (C=O) groups is 1. The van der Waals surface area contributed by atoms with Gasteiger partial charge in [-0.25, -0.2) is 9.78 Å². The Morgan fingerprint density at radius 2 is 2.17 bits per heavy atom. The zero-order valence-corrected chi connectivity index (χ0v) is 14.5. The summed E-state index contributed by atoms with van der Waals surface area (Å²) >= 11 is 0. The van der Waals surface area contributed by atoms with E-state index in [0.29, 0.717) is 19.5 Å². The van der Waals surface area contributed by atoms with Crippen molar-refractivity contribution in [1.82, 2.24) is 20.2 Å². The molecule has 0 bridgehead atoms. The minimum Gasteiger partial charge on any atom is -0.393 e. The van der Waals surface area contributed by atoms with Crippen LogP contribution in [0.3, 0.4) is 0 Å². The fraction of sp³-hybridized carbons (Fsp3) is 0.444. The standard InChI is InChI=1S/C18H26N4O2/c1-14(23)10-18(2,3)12-21-17(24)20-11-15-5-4-6-16(9-15)22-8-7-19-13-22/h4-9,13-14,23H,10-12H2,1-3H3,(H2,20,21,24). The van der Waals surface area contributed by atoms with Crippen LogP contribution in [0.4, 0.5) is 4.79 Å². The van der Waals surface area contributed by atoms with Crippen LogP contribution in [0.1, 0.15) is 32.8 Å². The van der Waals surface area contributed by atoms with Gasteiger partial charge in [0.05, 0.1) is 12.4 Å². The number of nitrogens with zero attached hydrogens (tertiary/aromatic N) is 2. The molecule has 0 saturated carbocycles. The Bertz CT molecular complexity index is 651. The quantitative estimate of drug-likeness (QED) is 0.730. The van der Waals surface area contributed by atoms with Gasteiger partial charge in [-0.15, -0.1) is 0 Å². The SMILES string of the molecule is CC(O)CC(C)(C)CNC(=O)NCc1cccc(-n2ccnc2)c1. The van der Waals surface area contributed by atoms with Crippen LogP contribution in [-0.2, 0) is 6.54 Å². The number of aliphatic hydroxyl groups excluding tert-OH is 1. The van der Waals surface area contributed by atoms with Crippen molar-refractivity contribution in [3.8, 4) is 5.69 Å². The highest BCUT2D eigenvalue weighted by atomic mass is 16.3. The van der Waals surface area contributed by atoms with E-state index in [2.05, 4.69) is 15.6 Å². The summed E-state index contributed by atoms with van der Waals surface area (Å²) in [6, 6.07) is 7.72. The zero-order chi connectivity index (χ0) is 17.6. The van der Waals surface area contributed by atoms with Crippen molar-refractivity contribution in [2.45, 2.75) is 39.8 Å². The van der Waals surface area contributed by atoms with Crippen LogP contribution >= 0.6 is 0 Å². The highest BCUT2D eigenvalue weighted by Gasteiger charge is 2.20. The average molecular weight is 330 g/mol. The molecule has 24 heavy (non-hydrogen) atoms. The molecule has 6 nitrogen and oxygen atoms in total. The second-order valence-electron chi connectivity index (χ2n) is 6.89. The molecular formula is C18H26N4O2. The second-order valence-corrected chi connectivity index (χ2v) is 6.89. The molecule has 2 amide bonds. The van der Waals surface area contributed by atoms with Gasteiger partial charge < -0.3 is 20.3 Å². The summed E-state index contributed by atoms with van der Waals surface area (Å²) in [6.45, 7) is 6.77. The minimum absolute atomic E-state index is 0.146. The van der Waals surface area contributed by atoms with E-state index < -0.39 is 0 Å². The summed E-state index contributed by atoms with van der Waals surface area (Å²) in [5, 5.41) is 15.2. The number of benzene rings is 1. The topological polar surface area (TPSA) is 79.2 Å². The molecular weight excluding hydrogens is 304 g/mol. The van der Waals surface area contributed by atoms with E-state index in [9.17, 15) is 9.90 Å². The highest BCUT2D eigenvalue weighted by molar-refractivity contribution is 5.73. The highest BCUT2D eigenvalue weighted by Crippen LogP contribution is 2.20. The number of nitrogens with one attached hydrogen (secondary N) is 2. The van der Waals surface area contributed by atoms with Gasteiger partial charge in [0.2, 0.25) is 0 Å². The van der Waals surface area contributed by atoms with Crippen LogP contribution in [0.15, 0.2) is 43.0 Å². The Labute approximate surface area is 142 Å². The number of urea groups is 1. The van der Waals surface area contributed by atoms with E-state index >= 15 is 0 Å². The Morgan fingerprint density at radius 1 is 1.38 bits per heavy atom. The van der Waals surface area contributed by atoms with Gasteiger partial charge in [-0.2, -0.15) is 0 Å². The number of rotatable bonds is 7. The third-order valence-electron chi connectivity index (χ3n) is 3.74. The van der Waals surface area contributed by atoms with Crippen molar-refractivity contribution in [3.05, 3.63) is 48.5 Å². The molecule has 1 aromatic carbocycles. The normalized spacial score (nSPS) is 12.7. The van der Waals surface area contributed by atoms with Gasteiger partial charge in [0, 0.05) is 31.2 Å². The minimum atomic E-state index is -0.379. The third-order valence-corrected chi connectivity index (χ3v) is 3.74. The zero-order valence-electron chi connectivity index (χ0n) is 14.5. The fourth-order valence-corrected chi connectivity index (χ4v) is 2.68. The second kappa shape index (κ2) is 7.97. The first-order chi connectivity index (χ1) is 11.4. The molecule has 0 radical (unpaired) electrons. The molecule has 6 heteroatoms. The maximum atomic E-state index is 12.0. The molecule has 0 aliphatic heterocycles. The lowest BCUT2D eigenvalue weighted by molar-refractivity contribution is 0.129. The first kappa shape index (κ1) is 18.0. The number of aromatic nitrogens is 2. The number of hydrogen-bond acceptors (Lipinski definition) is 3. The average Bonchev–Trinajstić information content (AvgIpc) is 3.04. The van der Waals surface area contributed by atoms with E-state index in [-0.39, 0.29) is 17.6 Å². The summed E-state index contributed by atoms with van der Waals surface area (Å²) in [5.74, 6) is 0. The molecule has 1 unspecified atom stereocenters. The first-order valence-electron chi connectivity index (χ1n) is 8.13. The Morgan fingerprint density at radius 3 is 2.83 bits per heavy atom. The molecule has 0 aliphatic carbocycles. The van der Waals surface area contributed by atoms with Crippen LogP contribution < -0.4 is 10.6 Å². The summed E-state index contributed by atoms with van der Waals surface area (Å²) in [7, 11) is 0. The molecule has 0 spiro atoms. The van der Waals surface area contributed by atoms with E-state index in [1.165, 1.54) is 0 Å². The van der Waals surface area contributed by atoms with Crippen molar-refractivity contribution in [2.75, 3.05) is 6.54 Å². The van der Waals surface area contributed by atoms with Gasteiger partial charge in [0.15, 0.2) is 0 Å². The lowest BCUT2D eigenvalue weighted by atomic mass is 9.87. The molecule has 1 aromatic heterocycles. The molecule has 0 saturated heterocycles. The molecule has 0 fully saturated rings. The van der Waals surface area contributed by atoms with Crippen LogP contribution in [0.25, 0.3) is 5.69 Å². The monoisotopic (exact) mass is 330 g/mol. The molecule has 0 aliphatic rings. The maximum Gasteiger partial charge on any atom is 0.315 e. The number of carbonyl (C=O) groups excluding carboxylic acids is 1. The predicted molar refractivity (Wildman–Crippen MR) is 93.9 cm³/mol. The van der Waals surface area contributed by atoms with Crippen molar-refractivity contribution in [3.63, 3.8) is 0 Å². The van der Waals surface area contributed by atoms with Gasteiger partial charge in [0.25, 0.3) is 0 Å². The van der Waals surface area contributed by atoms with E-state index in [1.807, 2.05) is 48.9 Å². The molecule has 3 N–H and O–H groups in total. The van der Waals surface area contributed by atoms with Crippen LogP contribution in [-0.4, -0.2) is 33.3 Å². The van der Waals surface area contributed by atoms with Crippen molar-refractivity contribution >= 4 is 6.03 Å². The summed E-state index contributed by atoms with van der Waals surface area (Å²) in [6.07, 6.45) is 5.61. The smallest absolute Gasteiger partial charge is 0.315 e. The van der Waals surface area contributed by atoms with Crippen molar-refractivity contribution in [1.29, 1.82) is 0 Å². The lowest BCUT2D eigenvalue weighted by Gasteiger charge is -2.26. The Kier molecular flexibility index (Phi) is 5.98. The molecule has 2 aromatic rings. The molecule has 1 atom stereocenters. The predicted octanol–water partition coefficient (Wildman–Crippen LogP) is 2.47. The third kappa shape index (κ3) is 5.70. The maximum absolute atomic E-state index is 12.0. The Balaban J connectivity index is 1.83. The number of aliphatic hydroxyl groups is 1. The van der Waals surface area contributed by atoms with Gasteiger partial charge in [-0.05, 0) is 36.5 Å². The van der Waals surface area contributed by atoms with Gasteiger partial charge in [0.1, 0.15) is 0 Å². The summed E-state index contributed by atoms with van der Waals surface area (Å²) in [4.78, 5) is 16.0. The van der Waals surface area contributed by atoms with E-state index in [0.717, 1.165) is 11.3 Å². The fourth-order valence-electron chi connectivity index (χ4n) is 2.68. The molecule has 2 rings (SSSR count). The number of amides is 2. The lowest BCUT2D eigenvalue weighted by Crippen LogP contribution is -2.41. The van der Waals surface area contributed by atoms with Gasteiger partial charge in [-0.3, -0.25) is 0 Å².